The van der Waals surface area contributed by atoms with Gasteiger partial charge in [-0.2, -0.15) is 0 Å². The number of aliphatic carboxylic acids is 1. The number of rotatable bonds is 7. The summed E-state index contributed by atoms with van der Waals surface area (Å²) < 4.78 is 4.95. The van der Waals surface area contributed by atoms with E-state index >= 15 is 0 Å². The van der Waals surface area contributed by atoms with Gasteiger partial charge < -0.3 is 9.84 Å². The monoisotopic (exact) mass is 262 g/mol. The third kappa shape index (κ3) is 5.38. The highest BCUT2D eigenvalue weighted by atomic mass is 16.5. The summed E-state index contributed by atoms with van der Waals surface area (Å²) in [6.07, 6.45) is 3.32. The van der Waals surface area contributed by atoms with Crippen molar-refractivity contribution in [2.24, 2.45) is 0 Å². The minimum atomic E-state index is -1.24. The summed E-state index contributed by atoms with van der Waals surface area (Å²) >= 11 is 0. The summed E-state index contributed by atoms with van der Waals surface area (Å²) in [6, 6.07) is 9.85. The van der Waals surface area contributed by atoms with Crippen molar-refractivity contribution in [2.75, 3.05) is 6.61 Å². The van der Waals surface area contributed by atoms with Gasteiger partial charge in [0.05, 0.1) is 6.61 Å². The third-order valence-electron chi connectivity index (χ3n) is 2.54. The number of aryl methyl sites for hydroxylation is 1. The van der Waals surface area contributed by atoms with E-state index in [1.54, 1.807) is 6.92 Å². The predicted molar refractivity (Wildman–Crippen MR) is 71.7 cm³/mol. The van der Waals surface area contributed by atoms with Crippen LogP contribution in [-0.4, -0.2) is 23.7 Å². The fraction of sp³-hybridized carbons (Fsp3) is 0.333. The van der Waals surface area contributed by atoms with Crippen molar-refractivity contribution >= 4 is 11.9 Å². The zero-order valence-corrected chi connectivity index (χ0v) is 11.0. The van der Waals surface area contributed by atoms with Crippen molar-refractivity contribution in [3.8, 4) is 0 Å². The lowest BCUT2D eigenvalue weighted by atomic mass is 10.1. The molecule has 0 unspecified atom stereocenters. The first kappa shape index (κ1) is 15.0. The van der Waals surface area contributed by atoms with Crippen LogP contribution in [0.25, 0.3) is 0 Å². The first-order valence-corrected chi connectivity index (χ1v) is 6.29. The molecule has 0 heterocycles. The van der Waals surface area contributed by atoms with Gasteiger partial charge >= 0.3 is 11.9 Å². The molecule has 1 aromatic carbocycles. The molecule has 0 bridgehead atoms. The van der Waals surface area contributed by atoms with Crippen molar-refractivity contribution in [2.45, 2.75) is 26.2 Å². The summed E-state index contributed by atoms with van der Waals surface area (Å²) in [6.45, 7) is 1.99. The highest BCUT2D eigenvalue weighted by molar-refractivity contribution is 6.13. The molecular formula is C15H18O4. The van der Waals surface area contributed by atoms with E-state index in [-0.39, 0.29) is 12.2 Å². The Kier molecular flexibility index (Phi) is 6.36. The van der Waals surface area contributed by atoms with Crippen molar-refractivity contribution in [1.29, 1.82) is 0 Å². The molecule has 0 saturated heterocycles. The maximum Gasteiger partial charge on any atom is 0.345 e. The molecule has 4 nitrogen and oxygen atoms in total. The quantitative estimate of drug-likeness (QED) is 0.270. The lowest BCUT2D eigenvalue weighted by molar-refractivity contribution is -0.144. The average Bonchev–Trinajstić information content (AvgIpc) is 2.41. The number of esters is 1. The van der Waals surface area contributed by atoms with Crippen LogP contribution in [0.5, 0.6) is 0 Å². The van der Waals surface area contributed by atoms with Crippen molar-refractivity contribution in [3.63, 3.8) is 0 Å². The molecule has 0 atom stereocenters. The molecule has 102 valence electrons. The Morgan fingerprint density at radius 1 is 1.26 bits per heavy atom. The van der Waals surface area contributed by atoms with Crippen molar-refractivity contribution in [3.05, 3.63) is 47.5 Å². The zero-order valence-electron chi connectivity index (χ0n) is 11.0. The molecule has 4 heteroatoms. The lowest BCUT2D eigenvalue weighted by Gasteiger charge is -2.05. The minimum Gasteiger partial charge on any atom is -0.477 e. The van der Waals surface area contributed by atoms with Gasteiger partial charge in [-0.25, -0.2) is 9.59 Å². The summed E-state index contributed by atoms with van der Waals surface area (Å²) in [5.41, 5.74) is 0.878. The fourth-order valence-electron chi connectivity index (χ4n) is 1.63. The number of carboxylic acid groups (broad SMARTS) is 1. The van der Waals surface area contributed by atoms with E-state index in [2.05, 4.69) is 0 Å². The molecule has 0 fully saturated rings. The molecular weight excluding hydrogens is 244 g/mol. The first-order valence-electron chi connectivity index (χ1n) is 6.29. The molecule has 0 aromatic heterocycles. The Balaban J connectivity index is 2.34. The van der Waals surface area contributed by atoms with Crippen LogP contribution in [0.4, 0.5) is 0 Å². The van der Waals surface area contributed by atoms with Gasteiger partial charge in [0.1, 0.15) is 5.57 Å². The number of hydrogen-bond donors (Lipinski definition) is 1. The third-order valence-corrected chi connectivity index (χ3v) is 2.54. The first-order chi connectivity index (χ1) is 9.15. The number of ether oxygens (including phenoxy) is 1. The molecule has 1 aromatic rings. The Morgan fingerprint density at radius 2 is 1.95 bits per heavy atom. The maximum absolute atomic E-state index is 11.5. The van der Waals surface area contributed by atoms with Crippen LogP contribution in [0.2, 0.25) is 0 Å². The van der Waals surface area contributed by atoms with Gasteiger partial charge in [-0.1, -0.05) is 43.3 Å². The largest absolute Gasteiger partial charge is 0.477 e. The number of benzene rings is 1. The van der Waals surface area contributed by atoms with Crippen LogP contribution < -0.4 is 0 Å². The van der Waals surface area contributed by atoms with Crippen molar-refractivity contribution in [1.82, 2.24) is 0 Å². The van der Waals surface area contributed by atoms with Crippen LogP contribution in [0.3, 0.4) is 0 Å². The Hall–Kier alpha value is -2.10. The molecule has 0 aliphatic rings. The Morgan fingerprint density at radius 3 is 2.53 bits per heavy atom. The second-order valence-corrected chi connectivity index (χ2v) is 4.06. The highest BCUT2D eigenvalue weighted by Gasteiger charge is 2.17. The minimum absolute atomic E-state index is 0.224. The number of carboxylic acids is 1. The molecule has 0 spiro atoms. The molecule has 0 saturated carbocycles. The van der Waals surface area contributed by atoms with Gasteiger partial charge in [-0.05, 0) is 24.8 Å². The second-order valence-electron chi connectivity index (χ2n) is 4.06. The second kappa shape index (κ2) is 8.08. The SMILES string of the molecule is CCC=C(C(=O)O)C(=O)OCCCc1ccccc1. The fourth-order valence-corrected chi connectivity index (χ4v) is 1.63. The van der Waals surface area contributed by atoms with Crippen LogP contribution in [-0.2, 0) is 20.7 Å². The number of carbonyl (C=O) groups excluding carboxylic acids is 1. The predicted octanol–water partition coefficient (Wildman–Crippen LogP) is 2.58. The summed E-state index contributed by atoms with van der Waals surface area (Å²) in [5.74, 6) is -2.00. The molecule has 0 amide bonds. The van der Waals surface area contributed by atoms with Crippen molar-refractivity contribution < 1.29 is 19.4 Å². The van der Waals surface area contributed by atoms with Gasteiger partial charge in [0, 0.05) is 0 Å². The molecule has 19 heavy (non-hydrogen) atoms. The Labute approximate surface area is 112 Å². The molecule has 0 aliphatic carbocycles. The molecule has 0 aliphatic heterocycles. The van der Waals surface area contributed by atoms with Crippen LogP contribution in [0.1, 0.15) is 25.3 Å². The van der Waals surface area contributed by atoms with Gasteiger partial charge in [-0.15, -0.1) is 0 Å². The van der Waals surface area contributed by atoms with E-state index in [1.165, 1.54) is 11.6 Å². The van der Waals surface area contributed by atoms with E-state index in [9.17, 15) is 9.59 Å². The van der Waals surface area contributed by atoms with Crippen LogP contribution in [0.15, 0.2) is 42.0 Å². The number of allylic oxidation sites excluding steroid dienone is 1. The summed E-state index contributed by atoms with van der Waals surface area (Å²) in [7, 11) is 0. The number of hydrogen-bond acceptors (Lipinski definition) is 3. The van der Waals surface area contributed by atoms with Gasteiger partial charge in [0.15, 0.2) is 0 Å². The van der Waals surface area contributed by atoms with Crippen LogP contribution in [0, 0.1) is 0 Å². The smallest absolute Gasteiger partial charge is 0.345 e. The Bertz CT molecular complexity index is 448. The maximum atomic E-state index is 11.5. The normalized spacial score (nSPS) is 11.1. The number of carbonyl (C=O) groups is 2. The standard InChI is InChI=1S/C15H18O4/c1-2-7-13(14(16)17)15(18)19-11-6-10-12-8-4-3-5-9-12/h3-5,7-9H,2,6,10-11H2,1H3,(H,16,17). The van der Waals surface area contributed by atoms with E-state index in [1.807, 2.05) is 30.3 Å². The lowest BCUT2D eigenvalue weighted by Crippen LogP contribution is -2.16. The van der Waals surface area contributed by atoms with Crippen LogP contribution >= 0.6 is 0 Å². The summed E-state index contributed by atoms with van der Waals surface area (Å²) in [5, 5.41) is 8.84. The molecule has 1 rings (SSSR count). The van der Waals surface area contributed by atoms with Gasteiger partial charge in [0.25, 0.3) is 0 Å². The van der Waals surface area contributed by atoms with E-state index in [0.29, 0.717) is 12.8 Å². The molecule has 0 radical (unpaired) electrons. The summed E-state index contributed by atoms with van der Waals surface area (Å²) in [4.78, 5) is 22.3. The topological polar surface area (TPSA) is 63.6 Å². The van der Waals surface area contributed by atoms with E-state index in [4.69, 9.17) is 9.84 Å². The van der Waals surface area contributed by atoms with Gasteiger partial charge in [0.2, 0.25) is 0 Å². The highest BCUT2D eigenvalue weighted by Crippen LogP contribution is 2.05. The van der Waals surface area contributed by atoms with Gasteiger partial charge in [-0.3, -0.25) is 0 Å². The van der Waals surface area contributed by atoms with E-state index in [0.717, 1.165) is 6.42 Å². The molecule has 1 N–H and O–H groups in total. The van der Waals surface area contributed by atoms with E-state index < -0.39 is 11.9 Å². The zero-order chi connectivity index (χ0) is 14.1. The average molecular weight is 262 g/mol.